The zero-order chi connectivity index (χ0) is 14.5. The van der Waals surface area contributed by atoms with Crippen LogP contribution in [0.3, 0.4) is 0 Å². The molecule has 0 fully saturated rings. The maximum absolute atomic E-state index is 12.5. The third-order valence-electron chi connectivity index (χ3n) is 2.04. The van der Waals surface area contributed by atoms with E-state index in [0.29, 0.717) is 0 Å². The largest absolute Gasteiger partial charge is 0.416 e. The highest BCUT2D eigenvalue weighted by atomic mass is 19.4. The monoisotopic (exact) mass is 262 g/mol. The number of nitrogens with one attached hydrogen (secondary N) is 1. The molecule has 0 saturated carbocycles. The van der Waals surface area contributed by atoms with Crippen molar-refractivity contribution in [2.24, 2.45) is 0 Å². The summed E-state index contributed by atoms with van der Waals surface area (Å²) in [4.78, 5) is 0. The summed E-state index contributed by atoms with van der Waals surface area (Å²) in [5.74, 6) is 0. The minimum Gasteiger partial charge on any atom is -0.345 e. The number of halogens is 3. The van der Waals surface area contributed by atoms with E-state index in [0.717, 1.165) is 18.2 Å². The predicted molar refractivity (Wildman–Crippen MR) is 58.9 cm³/mol. The Hall–Kier alpha value is -2.98. The van der Waals surface area contributed by atoms with Gasteiger partial charge >= 0.3 is 6.18 Å². The first-order chi connectivity index (χ1) is 8.92. The highest BCUT2D eigenvalue weighted by Crippen LogP contribution is 2.30. The Labute approximate surface area is 106 Å². The molecule has 4 nitrogen and oxygen atoms in total. The van der Waals surface area contributed by atoms with E-state index in [1.165, 1.54) is 18.2 Å². The molecule has 0 unspecified atom stereocenters. The zero-order valence-corrected chi connectivity index (χ0v) is 9.28. The Morgan fingerprint density at radius 2 is 1.68 bits per heavy atom. The standard InChI is InChI=1S/C12H5F3N4/c13-12(14,15)9-2-1-3-10(4-9)19-11(7-18)8(5-16)6-17/h1-4,19H. The molecule has 1 N–H and O–H groups in total. The summed E-state index contributed by atoms with van der Waals surface area (Å²) >= 11 is 0. The van der Waals surface area contributed by atoms with Crippen molar-refractivity contribution < 1.29 is 13.2 Å². The van der Waals surface area contributed by atoms with Crippen molar-refractivity contribution in [2.75, 3.05) is 5.32 Å². The number of nitriles is 3. The van der Waals surface area contributed by atoms with Crippen molar-refractivity contribution in [3.05, 3.63) is 41.1 Å². The van der Waals surface area contributed by atoms with Crippen LogP contribution < -0.4 is 5.32 Å². The van der Waals surface area contributed by atoms with Crippen molar-refractivity contribution in [3.8, 4) is 18.2 Å². The molecule has 0 radical (unpaired) electrons. The fourth-order valence-electron chi connectivity index (χ4n) is 1.20. The van der Waals surface area contributed by atoms with Gasteiger partial charge in [0.2, 0.25) is 0 Å². The second kappa shape index (κ2) is 5.57. The van der Waals surface area contributed by atoms with Gasteiger partial charge in [-0.15, -0.1) is 0 Å². The van der Waals surface area contributed by atoms with Crippen molar-refractivity contribution in [1.82, 2.24) is 0 Å². The smallest absolute Gasteiger partial charge is 0.345 e. The number of anilines is 1. The molecular weight excluding hydrogens is 257 g/mol. The van der Waals surface area contributed by atoms with E-state index in [9.17, 15) is 13.2 Å². The first-order valence-electron chi connectivity index (χ1n) is 4.81. The summed E-state index contributed by atoms with van der Waals surface area (Å²) in [6, 6.07) is 8.61. The quantitative estimate of drug-likeness (QED) is 0.830. The Kier molecular flexibility index (Phi) is 4.13. The second-order valence-corrected chi connectivity index (χ2v) is 3.29. The third kappa shape index (κ3) is 3.49. The second-order valence-electron chi connectivity index (χ2n) is 3.29. The number of alkyl halides is 3. The average Bonchev–Trinajstić information content (AvgIpc) is 2.38. The Bertz CT molecular complexity index is 623. The van der Waals surface area contributed by atoms with Crippen LogP contribution in [0.15, 0.2) is 35.5 Å². The van der Waals surface area contributed by atoms with Gasteiger partial charge in [0, 0.05) is 5.69 Å². The molecule has 0 saturated heterocycles. The third-order valence-corrected chi connectivity index (χ3v) is 2.04. The van der Waals surface area contributed by atoms with E-state index in [2.05, 4.69) is 5.32 Å². The molecule has 0 aliphatic heterocycles. The highest BCUT2D eigenvalue weighted by Gasteiger charge is 2.30. The van der Waals surface area contributed by atoms with Crippen LogP contribution in [0, 0.1) is 34.0 Å². The molecule has 0 atom stereocenters. The normalized spacial score (nSPS) is 9.68. The molecular formula is C12H5F3N4. The minimum atomic E-state index is -4.51. The van der Waals surface area contributed by atoms with Gasteiger partial charge in [-0.3, -0.25) is 0 Å². The number of nitrogens with zero attached hydrogens (tertiary/aromatic N) is 3. The van der Waals surface area contributed by atoms with Crippen LogP contribution in [0.5, 0.6) is 0 Å². The van der Waals surface area contributed by atoms with E-state index in [4.69, 9.17) is 15.8 Å². The maximum atomic E-state index is 12.5. The molecule has 0 heterocycles. The van der Waals surface area contributed by atoms with Gasteiger partial charge in [0.25, 0.3) is 0 Å². The van der Waals surface area contributed by atoms with Crippen LogP contribution in [0.1, 0.15) is 5.56 Å². The van der Waals surface area contributed by atoms with Crippen molar-refractivity contribution in [1.29, 1.82) is 15.8 Å². The molecule has 94 valence electrons. The summed E-state index contributed by atoms with van der Waals surface area (Å²) in [6.07, 6.45) is -4.51. The first-order valence-corrected chi connectivity index (χ1v) is 4.81. The summed E-state index contributed by atoms with van der Waals surface area (Å²) in [7, 11) is 0. The molecule has 0 bridgehead atoms. The van der Waals surface area contributed by atoms with Crippen LogP contribution in [-0.2, 0) is 6.18 Å². The van der Waals surface area contributed by atoms with E-state index >= 15 is 0 Å². The molecule has 1 aromatic carbocycles. The van der Waals surface area contributed by atoms with Gasteiger partial charge in [-0.25, -0.2) is 0 Å². The van der Waals surface area contributed by atoms with Crippen molar-refractivity contribution >= 4 is 5.69 Å². The molecule has 0 spiro atoms. The molecule has 0 aromatic heterocycles. The van der Waals surface area contributed by atoms with Gasteiger partial charge in [-0.2, -0.15) is 29.0 Å². The van der Waals surface area contributed by atoms with E-state index in [-0.39, 0.29) is 5.69 Å². The first kappa shape index (κ1) is 14.1. The number of allylic oxidation sites excluding steroid dienone is 2. The van der Waals surface area contributed by atoms with Crippen LogP contribution in [0.2, 0.25) is 0 Å². The van der Waals surface area contributed by atoms with E-state index in [1.54, 1.807) is 6.07 Å². The molecule has 19 heavy (non-hydrogen) atoms. The maximum Gasteiger partial charge on any atom is 0.416 e. The Morgan fingerprint density at radius 1 is 1.05 bits per heavy atom. The molecule has 0 amide bonds. The predicted octanol–water partition coefficient (Wildman–Crippen LogP) is 2.94. The van der Waals surface area contributed by atoms with Gasteiger partial charge in [0.1, 0.15) is 23.9 Å². The fraction of sp³-hybridized carbons (Fsp3) is 0.0833. The lowest BCUT2D eigenvalue weighted by molar-refractivity contribution is -0.137. The summed E-state index contributed by atoms with van der Waals surface area (Å²) in [6.45, 7) is 0. The molecule has 7 heteroatoms. The summed E-state index contributed by atoms with van der Waals surface area (Å²) in [5.41, 5.74) is -1.83. The molecule has 1 aromatic rings. The van der Waals surface area contributed by atoms with Gasteiger partial charge in [-0.1, -0.05) is 6.07 Å². The summed E-state index contributed by atoms with van der Waals surface area (Å²) < 4.78 is 37.4. The van der Waals surface area contributed by atoms with Gasteiger partial charge in [0.15, 0.2) is 5.57 Å². The number of benzene rings is 1. The van der Waals surface area contributed by atoms with Gasteiger partial charge in [0.05, 0.1) is 5.56 Å². The lowest BCUT2D eigenvalue weighted by Crippen LogP contribution is -2.06. The zero-order valence-electron chi connectivity index (χ0n) is 9.28. The van der Waals surface area contributed by atoms with Gasteiger partial charge in [-0.05, 0) is 18.2 Å². The van der Waals surface area contributed by atoms with Crippen molar-refractivity contribution in [2.45, 2.75) is 6.18 Å². The SMILES string of the molecule is N#CC(C#N)=C(C#N)Nc1cccc(C(F)(F)F)c1. The van der Waals surface area contributed by atoms with E-state index in [1.807, 2.05) is 0 Å². The fourth-order valence-corrected chi connectivity index (χ4v) is 1.20. The Morgan fingerprint density at radius 3 is 2.16 bits per heavy atom. The Balaban J connectivity index is 3.16. The van der Waals surface area contributed by atoms with Crippen LogP contribution >= 0.6 is 0 Å². The lowest BCUT2D eigenvalue weighted by Gasteiger charge is -2.09. The van der Waals surface area contributed by atoms with Crippen LogP contribution in [0.4, 0.5) is 18.9 Å². The minimum absolute atomic E-state index is 0.0330. The molecule has 0 aliphatic carbocycles. The summed E-state index contributed by atoms with van der Waals surface area (Å²) in [5, 5.41) is 28.2. The van der Waals surface area contributed by atoms with Gasteiger partial charge < -0.3 is 5.32 Å². The number of rotatable bonds is 2. The molecule has 0 aliphatic rings. The topological polar surface area (TPSA) is 83.4 Å². The highest BCUT2D eigenvalue weighted by molar-refractivity contribution is 5.59. The van der Waals surface area contributed by atoms with Crippen LogP contribution in [-0.4, -0.2) is 0 Å². The average molecular weight is 262 g/mol. The van der Waals surface area contributed by atoms with Crippen LogP contribution in [0.25, 0.3) is 0 Å². The van der Waals surface area contributed by atoms with Crippen molar-refractivity contribution in [3.63, 3.8) is 0 Å². The lowest BCUT2D eigenvalue weighted by atomic mass is 10.2. The number of hydrogen-bond donors (Lipinski definition) is 1. The molecule has 1 rings (SSSR count). The number of hydrogen-bond acceptors (Lipinski definition) is 4. The van der Waals surface area contributed by atoms with E-state index < -0.39 is 23.0 Å².